The Morgan fingerprint density at radius 2 is 1.90 bits per heavy atom. The maximum Gasteiger partial charge on any atom is 0.271 e. The zero-order valence-corrected chi connectivity index (χ0v) is 15.2. The van der Waals surface area contributed by atoms with E-state index in [0.717, 1.165) is 28.6 Å². The average Bonchev–Trinajstić information content (AvgIpc) is 2.78. The minimum atomic E-state index is -3.51. The van der Waals surface area contributed by atoms with Gasteiger partial charge in [0.15, 0.2) is 0 Å². The van der Waals surface area contributed by atoms with Crippen LogP contribution < -0.4 is 4.72 Å². The van der Waals surface area contributed by atoms with E-state index in [9.17, 15) is 8.42 Å². The summed E-state index contributed by atoms with van der Waals surface area (Å²) in [4.78, 5) is 0. The molecule has 0 aliphatic heterocycles. The molecule has 0 bridgehead atoms. The van der Waals surface area contributed by atoms with Crippen molar-refractivity contribution < 1.29 is 8.42 Å². The number of halogens is 1. The highest BCUT2D eigenvalue weighted by molar-refractivity contribution is 9.11. The lowest BCUT2D eigenvalue weighted by Gasteiger charge is -2.07. The highest BCUT2D eigenvalue weighted by Crippen LogP contribution is 2.31. The van der Waals surface area contributed by atoms with Crippen molar-refractivity contribution in [3.8, 4) is 0 Å². The summed E-state index contributed by atoms with van der Waals surface area (Å²) >= 11 is 4.57. The maximum absolute atomic E-state index is 12.3. The summed E-state index contributed by atoms with van der Waals surface area (Å²) < 4.78 is 28.4. The second-order valence-corrected chi connectivity index (χ2v) is 9.21. The van der Waals surface area contributed by atoms with Gasteiger partial charge in [-0.2, -0.15) is 0 Å². The van der Waals surface area contributed by atoms with Gasteiger partial charge in [0.25, 0.3) is 10.0 Å². The number of benzene rings is 1. The van der Waals surface area contributed by atoms with E-state index in [4.69, 9.17) is 0 Å². The molecule has 0 saturated heterocycles. The summed E-state index contributed by atoms with van der Waals surface area (Å²) in [6.07, 6.45) is 3.33. The Morgan fingerprint density at radius 1 is 1.24 bits per heavy atom. The third-order valence-electron chi connectivity index (χ3n) is 3.12. The van der Waals surface area contributed by atoms with Crippen LogP contribution in [0.4, 0.5) is 5.69 Å². The first-order chi connectivity index (χ1) is 9.92. The van der Waals surface area contributed by atoms with Gasteiger partial charge in [0, 0.05) is 5.69 Å². The lowest BCUT2D eigenvalue weighted by Crippen LogP contribution is -2.11. The molecule has 3 nitrogen and oxygen atoms in total. The molecule has 2 aromatic rings. The molecule has 0 amide bonds. The van der Waals surface area contributed by atoms with Gasteiger partial charge in [0.1, 0.15) is 4.21 Å². The summed E-state index contributed by atoms with van der Waals surface area (Å²) in [6, 6.07) is 9.26. The van der Waals surface area contributed by atoms with Crippen LogP contribution >= 0.6 is 27.3 Å². The molecule has 1 N–H and O–H groups in total. The zero-order chi connectivity index (χ0) is 15.5. The molecule has 0 saturated carbocycles. The first-order valence-electron chi connectivity index (χ1n) is 6.80. The van der Waals surface area contributed by atoms with Crippen LogP contribution in [0.3, 0.4) is 0 Å². The number of rotatable bonds is 6. The van der Waals surface area contributed by atoms with Gasteiger partial charge in [-0.05, 0) is 65.0 Å². The average molecular weight is 388 g/mol. The largest absolute Gasteiger partial charge is 0.279 e. The van der Waals surface area contributed by atoms with Crippen molar-refractivity contribution in [2.75, 3.05) is 4.72 Å². The normalized spacial score (nSPS) is 11.6. The second-order valence-electron chi connectivity index (χ2n) is 4.93. The first kappa shape index (κ1) is 16.5. The number of anilines is 1. The van der Waals surface area contributed by atoms with Crippen LogP contribution in [0.5, 0.6) is 0 Å². The predicted molar refractivity (Wildman–Crippen MR) is 92.6 cm³/mol. The summed E-state index contributed by atoms with van der Waals surface area (Å²) in [6.45, 7) is 4.03. The lowest BCUT2D eigenvalue weighted by atomic mass is 10.1. The molecule has 0 fully saturated rings. The molecule has 0 radical (unpaired) electrons. The van der Waals surface area contributed by atoms with E-state index in [1.54, 1.807) is 6.07 Å². The van der Waals surface area contributed by atoms with Gasteiger partial charge in [-0.1, -0.05) is 25.5 Å². The van der Waals surface area contributed by atoms with Crippen LogP contribution in [0.2, 0.25) is 0 Å². The van der Waals surface area contributed by atoms with Crippen molar-refractivity contribution in [2.45, 2.75) is 37.3 Å². The molecule has 2 rings (SSSR count). The Bertz CT molecular complexity index is 686. The van der Waals surface area contributed by atoms with Crippen molar-refractivity contribution >= 4 is 43.0 Å². The van der Waals surface area contributed by atoms with Crippen LogP contribution in [0, 0.1) is 6.92 Å². The van der Waals surface area contributed by atoms with Crippen LogP contribution in [-0.2, 0) is 16.4 Å². The monoisotopic (exact) mass is 387 g/mol. The van der Waals surface area contributed by atoms with E-state index in [0.29, 0.717) is 9.90 Å². The summed E-state index contributed by atoms with van der Waals surface area (Å²) in [5.41, 5.74) is 2.75. The van der Waals surface area contributed by atoms with E-state index in [1.165, 1.54) is 16.9 Å². The third kappa shape index (κ3) is 4.31. The Balaban J connectivity index is 2.13. The number of unbranched alkanes of at least 4 members (excludes halogenated alkanes) is 1. The molecule has 21 heavy (non-hydrogen) atoms. The number of sulfonamides is 1. The molecule has 1 aromatic heterocycles. The van der Waals surface area contributed by atoms with Gasteiger partial charge in [-0.15, -0.1) is 11.3 Å². The zero-order valence-electron chi connectivity index (χ0n) is 12.0. The molecule has 0 spiro atoms. The van der Waals surface area contributed by atoms with Crippen LogP contribution in [-0.4, -0.2) is 8.42 Å². The third-order valence-corrected chi connectivity index (χ3v) is 7.12. The van der Waals surface area contributed by atoms with Crippen molar-refractivity contribution in [2.24, 2.45) is 0 Å². The molecular formula is C15H18BrNO2S2. The Morgan fingerprint density at radius 3 is 2.43 bits per heavy atom. The van der Waals surface area contributed by atoms with Gasteiger partial charge in [-0.3, -0.25) is 4.72 Å². The quantitative estimate of drug-likeness (QED) is 0.760. The fourth-order valence-electron chi connectivity index (χ4n) is 1.89. The Kier molecular flexibility index (Phi) is 5.46. The standard InChI is InChI=1S/C15H18BrNO2S2/c1-3-4-5-12-6-8-13(9-7-12)17-21(18,19)14-10-11(2)15(16)20-14/h6-10,17H,3-5H2,1-2H3. The highest BCUT2D eigenvalue weighted by atomic mass is 79.9. The van der Waals surface area contributed by atoms with E-state index in [2.05, 4.69) is 27.6 Å². The number of aryl methyl sites for hydroxylation is 2. The molecule has 114 valence electrons. The van der Waals surface area contributed by atoms with Gasteiger partial charge >= 0.3 is 0 Å². The second kappa shape index (κ2) is 6.94. The molecule has 0 unspecified atom stereocenters. The highest BCUT2D eigenvalue weighted by Gasteiger charge is 2.18. The number of hydrogen-bond acceptors (Lipinski definition) is 3. The van der Waals surface area contributed by atoms with E-state index < -0.39 is 10.0 Å². The molecule has 6 heteroatoms. The number of hydrogen-bond donors (Lipinski definition) is 1. The van der Waals surface area contributed by atoms with E-state index >= 15 is 0 Å². The summed E-state index contributed by atoms with van der Waals surface area (Å²) in [7, 11) is -3.51. The van der Waals surface area contributed by atoms with Gasteiger partial charge in [-0.25, -0.2) is 8.42 Å². The predicted octanol–water partition coefficient (Wildman–Crippen LogP) is 4.96. The fourth-order valence-corrected chi connectivity index (χ4v) is 5.17. The van der Waals surface area contributed by atoms with Gasteiger partial charge in [0.05, 0.1) is 3.79 Å². The molecule has 0 aliphatic carbocycles. The molecule has 0 aliphatic rings. The van der Waals surface area contributed by atoms with Crippen molar-refractivity contribution in [1.82, 2.24) is 0 Å². The topological polar surface area (TPSA) is 46.2 Å². The fraction of sp³-hybridized carbons (Fsp3) is 0.333. The van der Waals surface area contributed by atoms with Gasteiger partial charge in [0.2, 0.25) is 0 Å². The van der Waals surface area contributed by atoms with Crippen LogP contribution in [0.1, 0.15) is 30.9 Å². The minimum absolute atomic E-state index is 0.321. The first-order valence-corrected chi connectivity index (χ1v) is 9.89. The van der Waals surface area contributed by atoms with Gasteiger partial charge < -0.3 is 0 Å². The van der Waals surface area contributed by atoms with Crippen molar-refractivity contribution in [1.29, 1.82) is 0 Å². The molecule has 0 atom stereocenters. The van der Waals surface area contributed by atoms with E-state index in [-0.39, 0.29) is 0 Å². The SMILES string of the molecule is CCCCc1ccc(NS(=O)(=O)c2cc(C)c(Br)s2)cc1. The lowest BCUT2D eigenvalue weighted by molar-refractivity contribution is 0.603. The maximum atomic E-state index is 12.3. The van der Waals surface area contributed by atoms with Crippen LogP contribution in [0.15, 0.2) is 38.3 Å². The smallest absolute Gasteiger partial charge is 0.271 e. The van der Waals surface area contributed by atoms with Crippen molar-refractivity contribution in [3.63, 3.8) is 0 Å². The molecule has 1 aromatic carbocycles. The Hall–Kier alpha value is -0.850. The number of thiophene rings is 1. The molecular weight excluding hydrogens is 370 g/mol. The minimum Gasteiger partial charge on any atom is -0.279 e. The summed E-state index contributed by atoms with van der Waals surface area (Å²) in [5.74, 6) is 0. The number of nitrogens with one attached hydrogen (secondary N) is 1. The van der Waals surface area contributed by atoms with Crippen molar-refractivity contribution in [3.05, 3.63) is 45.2 Å². The molecule has 1 heterocycles. The summed E-state index contributed by atoms with van der Waals surface area (Å²) in [5, 5.41) is 0. The van der Waals surface area contributed by atoms with E-state index in [1.807, 2.05) is 31.2 Å². The van der Waals surface area contributed by atoms with Crippen LogP contribution in [0.25, 0.3) is 0 Å². The Labute approximate surface area is 138 Å².